The Hall–Kier alpha value is -2.41. The molecule has 0 aromatic heterocycles. The largest absolute Gasteiger partial charge is 0.290 e. The van der Waals surface area contributed by atoms with Gasteiger partial charge >= 0.3 is 0 Å². The normalized spacial score (nSPS) is 17.9. The van der Waals surface area contributed by atoms with Crippen molar-refractivity contribution < 1.29 is 13.9 Å². The molecule has 1 unspecified atom stereocenters. The van der Waals surface area contributed by atoms with Crippen molar-refractivity contribution in [3.8, 4) is 0 Å². The molecule has 7 heteroatoms. The third kappa shape index (κ3) is 3.68. The van der Waals surface area contributed by atoms with E-state index in [-0.39, 0.29) is 22.3 Å². The summed E-state index contributed by atoms with van der Waals surface area (Å²) in [5.74, 6) is -0.0890. The van der Waals surface area contributed by atoms with E-state index >= 15 is 0 Å². The summed E-state index contributed by atoms with van der Waals surface area (Å²) in [5.41, 5.74) is 1.35. The fourth-order valence-electron chi connectivity index (χ4n) is 2.12. The molecule has 1 aliphatic carbocycles. The SMILES string of the molecule is CC1=C/C(=N\S(=O)c2ccccc2[N+](=O)[O-])C(C(C)C)=CC1=O. The second-order valence-corrected chi connectivity index (χ2v) is 6.52. The van der Waals surface area contributed by atoms with E-state index in [2.05, 4.69) is 4.40 Å². The molecule has 0 radical (unpaired) electrons. The fourth-order valence-corrected chi connectivity index (χ4v) is 3.08. The maximum absolute atomic E-state index is 12.5. The van der Waals surface area contributed by atoms with Crippen LogP contribution in [0.25, 0.3) is 0 Å². The number of allylic oxidation sites excluding steroid dienone is 4. The van der Waals surface area contributed by atoms with Crippen LogP contribution >= 0.6 is 0 Å². The van der Waals surface area contributed by atoms with Crippen LogP contribution in [0.3, 0.4) is 0 Å². The van der Waals surface area contributed by atoms with Gasteiger partial charge in [-0.15, -0.1) is 0 Å². The molecule has 1 aliphatic rings. The Labute approximate surface area is 136 Å². The Kier molecular flexibility index (Phi) is 5.00. The van der Waals surface area contributed by atoms with Gasteiger partial charge in [-0.3, -0.25) is 14.9 Å². The summed E-state index contributed by atoms with van der Waals surface area (Å²) in [7, 11) is -1.93. The van der Waals surface area contributed by atoms with Gasteiger partial charge < -0.3 is 0 Å². The predicted molar refractivity (Wildman–Crippen MR) is 88.6 cm³/mol. The summed E-state index contributed by atoms with van der Waals surface area (Å²) < 4.78 is 16.6. The van der Waals surface area contributed by atoms with Gasteiger partial charge in [0.25, 0.3) is 5.69 Å². The number of carbonyl (C=O) groups is 1. The van der Waals surface area contributed by atoms with E-state index in [4.69, 9.17) is 0 Å². The van der Waals surface area contributed by atoms with Crippen LogP contribution in [0.1, 0.15) is 20.8 Å². The van der Waals surface area contributed by atoms with Crippen LogP contribution in [0.4, 0.5) is 5.69 Å². The Morgan fingerprint density at radius 3 is 2.48 bits per heavy atom. The summed E-state index contributed by atoms with van der Waals surface area (Å²) in [6, 6.07) is 5.79. The van der Waals surface area contributed by atoms with Crippen molar-refractivity contribution in [2.75, 3.05) is 0 Å². The Morgan fingerprint density at radius 1 is 1.22 bits per heavy atom. The van der Waals surface area contributed by atoms with Gasteiger partial charge in [-0.25, -0.2) is 4.21 Å². The molecule has 6 nitrogen and oxygen atoms in total. The smallest absolute Gasteiger partial charge is 0.287 e. The summed E-state index contributed by atoms with van der Waals surface area (Å²) >= 11 is 0. The Bertz CT molecular complexity index is 791. The Morgan fingerprint density at radius 2 is 1.87 bits per heavy atom. The third-order valence-corrected chi connectivity index (χ3v) is 4.46. The van der Waals surface area contributed by atoms with Gasteiger partial charge in [0.1, 0.15) is 4.90 Å². The van der Waals surface area contributed by atoms with E-state index in [1.165, 1.54) is 24.3 Å². The van der Waals surface area contributed by atoms with Crippen molar-refractivity contribution in [3.05, 3.63) is 57.7 Å². The quantitative estimate of drug-likeness (QED) is 0.481. The van der Waals surface area contributed by atoms with Gasteiger partial charge in [-0.1, -0.05) is 26.0 Å². The van der Waals surface area contributed by atoms with E-state index in [0.717, 1.165) is 0 Å². The van der Waals surface area contributed by atoms with E-state index in [1.54, 1.807) is 19.1 Å². The van der Waals surface area contributed by atoms with Crippen LogP contribution in [0.2, 0.25) is 0 Å². The van der Waals surface area contributed by atoms with Crippen molar-refractivity contribution in [1.29, 1.82) is 0 Å². The molecule has 1 aromatic rings. The van der Waals surface area contributed by atoms with Crippen LogP contribution in [-0.4, -0.2) is 20.6 Å². The van der Waals surface area contributed by atoms with Gasteiger partial charge in [-0.05, 0) is 42.2 Å². The highest BCUT2D eigenvalue weighted by Gasteiger charge is 2.22. The maximum Gasteiger partial charge on any atom is 0.287 e. The molecular weight excluding hydrogens is 316 g/mol. The standard InChI is InChI=1S/C16H16N2O4S/c1-10(2)12-9-15(19)11(3)8-13(12)17-23(22)16-7-5-4-6-14(16)18(20)21/h4-10H,1-3H3/b17-13+. The van der Waals surface area contributed by atoms with Crippen LogP contribution in [-0.2, 0) is 15.8 Å². The van der Waals surface area contributed by atoms with Gasteiger partial charge in [0.05, 0.1) is 10.6 Å². The number of ketones is 1. The van der Waals surface area contributed by atoms with Crippen molar-refractivity contribution in [3.63, 3.8) is 0 Å². The van der Waals surface area contributed by atoms with Crippen molar-refractivity contribution in [2.24, 2.45) is 10.3 Å². The second-order valence-electron chi connectivity index (χ2n) is 5.40. The van der Waals surface area contributed by atoms with E-state index in [1.807, 2.05) is 13.8 Å². The monoisotopic (exact) mass is 332 g/mol. The van der Waals surface area contributed by atoms with Crippen molar-refractivity contribution in [2.45, 2.75) is 25.7 Å². The number of rotatable bonds is 4. The van der Waals surface area contributed by atoms with Gasteiger partial charge in [0.2, 0.25) is 0 Å². The lowest BCUT2D eigenvalue weighted by Crippen LogP contribution is -2.16. The maximum atomic E-state index is 12.5. The molecule has 120 valence electrons. The van der Waals surface area contributed by atoms with E-state index < -0.39 is 15.9 Å². The third-order valence-electron chi connectivity index (χ3n) is 3.38. The molecule has 1 atom stereocenters. The van der Waals surface area contributed by atoms with Crippen molar-refractivity contribution >= 4 is 28.2 Å². The topological polar surface area (TPSA) is 89.6 Å². The molecule has 23 heavy (non-hydrogen) atoms. The summed E-state index contributed by atoms with van der Waals surface area (Å²) in [6.45, 7) is 5.45. The lowest BCUT2D eigenvalue weighted by Gasteiger charge is -2.16. The highest BCUT2D eigenvalue weighted by Crippen LogP contribution is 2.25. The summed E-state index contributed by atoms with van der Waals surface area (Å²) in [4.78, 5) is 22.3. The molecule has 0 N–H and O–H groups in total. The number of carbonyl (C=O) groups excluding carboxylic acids is 1. The van der Waals surface area contributed by atoms with E-state index in [0.29, 0.717) is 16.9 Å². The first-order valence-corrected chi connectivity index (χ1v) is 8.10. The minimum absolute atomic E-state index is 0.0183. The molecule has 0 spiro atoms. The van der Waals surface area contributed by atoms with Crippen LogP contribution < -0.4 is 0 Å². The first-order valence-electron chi connectivity index (χ1n) is 7.00. The first kappa shape index (κ1) is 17.0. The molecular formula is C16H16N2O4S. The zero-order chi connectivity index (χ0) is 17.1. The zero-order valence-corrected chi connectivity index (χ0v) is 13.8. The molecule has 0 saturated carbocycles. The zero-order valence-electron chi connectivity index (χ0n) is 13.0. The number of hydrogen-bond acceptors (Lipinski definition) is 4. The van der Waals surface area contributed by atoms with E-state index in [9.17, 15) is 19.1 Å². The molecule has 0 fully saturated rings. The summed E-state index contributed by atoms with van der Waals surface area (Å²) in [6.07, 6.45) is 3.06. The number of nitro benzene ring substituents is 1. The molecule has 0 amide bonds. The van der Waals surface area contributed by atoms with Crippen LogP contribution in [0.5, 0.6) is 0 Å². The fraction of sp³-hybridized carbons (Fsp3) is 0.250. The number of nitro groups is 1. The van der Waals surface area contributed by atoms with Crippen LogP contribution in [0, 0.1) is 16.0 Å². The minimum atomic E-state index is -1.93. The number of hydrogen-bond donors (Lipinski definition) is 0. The molecule has 0 heterocycles. The lowest BCUT2D eigenvalue weighted by molar-refractivity contribution is -0.387. The molecule has 0 bridgehead atoms. The van der Waals surface area contributed by atoms with Gasteiger partial charge in [-0.2, -0.15) is 4.40 Å². The molecule has 0 aliphatic heterocycles. The number of benzene rings is 1. The average molecular weight is 332 g/mol. The highest BCUT2D eigenvalue weighted by molar-refractivity contribution is 7.84. The molecule has 0 saturated heterocycles. The second kappa shape index (κ2) is 6.78. The molecule has 1 aromatic carbocycles. The number of nitrogens with zero attached hydrogens (tertiary/aromatic N) is 2. The van der Waals surface area contributed by atoms with Crippen LogP contribution in [0.15, 0.2) is 56.9 Å². The average Bonchev–Trinajstić information content (AvgIpc) is 2.50. The predicted octanol–water partition coefficient (Wildman–Crippen LogP) is 3.17. The lowest BCUT2D eigenvalue weighted by atomic mass is 9.90. The van der Waals surface area contributed by atoms with Crippen molar-refractivity contribution in [1.82, 2.24) is 0 Å². The van der Waals surface area contributed by atoms with Gasteiger partial charge in [0.15, 0.2) is 16.8 Å². The van der Waals surface area contributed by atoms with Gasteiger partial charge in [0, 0.05) is 6.07 Å². The minimum Gasteiger partial charge on any atom is -0.290 e. The molecule has 2 rings (SSSR count). The highest BCUT2D eigenvalue weighted by atomic mass is 32.2. The summed E-state index contributed by atoms with van der Waals surface area (Å²) in [5, 5.41) is 11.0. The Balaban J connectivity index is 2.48. The first-order chi connectivity index (χ1) is 10.8. The number of para-hydroxylation sites is 1.